The summed E-state index contributed by atoms with van der Waals surface area (Å²) in [5, 5.41) is 6.96. The Hall–Kier alpha value is -1.49. The Morgan fingerprint density at radius 2 is 1.87 bits per heavy atom. The van der Waals surface area contributed by atoms with Gasteiger partial charge in [0.05, 0.1) is 5.69 Å². The summed E-state index contributed by atoms with van der Waals surface area (Å²) in [5.74, 6) is 0. The van der Waals surface area contributed by atoms with Gasteiger partial charge in [0.1, 0.15) is 5.60 Å². The van der Waals surface area contributed by atoms with Crippen molar-refractivity contribution in [2.75, 3.05) is 5.32 Å². The van der Waals surface area contributed by atoms with Crippen LogP contribution in [0.15, 0.2) is 12.3 Å². The number of pyridine rings is 1. The van der Waals surface area contributed by atoms with Crippen LogP contribution >= 0.6 is 11.6 Å². The number of anilines is 1. The van der Waals surface area contributed by atoms with Gasteiger partial charge in [-0.25, -0.2) is 9.78 Å². The van der Waals surface area contributed by atoms with Gasteiger partial charge in [0.25, 0.3) is 0 Å². The van der Waals surface area contributed by atoms with Crippen molar-refractivity contribution in [1.29, 1.82) is 0 Å². The fourth-order valence-corrected chi connectivity index (χ4v) is 3.02. The molecule has 0 spiro atoms. The third-order valence-electron chi connectivity index (χ3n) is 3.91. The van der Waals surface area contributed by atoms with E-state index in [1.54, 1.807) is 6.20 Å². The van der Waals surface area contributed by atoms with Crippen LogP contribution in [0.1, 0.15) is 52.0 Å². The smallest absolute Gasteiger partial charge is 0.407 e. The van der Waals surface area contributed by atoms with Gasteiger partial charge in [0.2, 0.25) is 0 Å². The monoisotopic (exact) mass is 339 g/mol. The Morgan fingerprint density at radius 1 is 1.26 bits per heavy atom. The molecule has 1 fully saturated rings. The third kappa shape index (κ3) is 5.57. The number of aryl methyl sites for hydroxylation is 1. The van der Waals surface area contributed by atoms with Gasteiger partial charge in [0.15, 0.2) is 5.15 Å². The number of nitrogens with one attached hydrogen (secondary N) is 2. The van der Waals surface area contributed by atoms with Crippen LogP contribution in [0.3, 0.4) is 0 Å². The molecule has 1 amide bonds. The molecule has 0 aromatic carbocycles. The first kappa shape index (κ1) is 17.9. The van der Waals surface area contributed by atoms with E-state index < -0.39 is 5.60 Å². The van der Waals surface area contributed by atoms with E-state index in [9.17, 15) is 4.79 Å². The minimum Gasteiger partial charge on any atom is -0.444 e. The maximum atomic E-state index is 11.8. The van der Waals surface area contributed by atoms with Gasteiger partial charge in [-0.15, -0.1) is 0 Å². The Bertz CT molecular complexity index is 529. The third-order valence-corrected chi connectivity index (χ3v) is 4.20. The number of rotatable bonds is 3. The first-order valence-electron chi connectivity index (χ1n) is 8.12. The molecule has 1 aliphatic rings. The molecule has 0 atom stereocenters. The van der Waals surface area contributed by atoms with Gasteiger partial charge in [-0.1, -0.05) is 11.6 Å². The van der Waals surface area contributed by atoms with Crippen LogP contribution in [0.2, 0.25) is 5.15 Å². The van der Waals surface area contributed by atoms with Gasteiger partial charge < -0.3 is 15.4 Å². The summed E-state index contributed by atoms with van der Waals surface area (Å²) in [4.78, 5) is 15.9. The first-order valence-corrected chi connectivity index (χ1v) is 8.49. The lowest BCUT2D eigenvalue weighted by Gasteiger charge is -2.31. The Morgan fingerprint density at radius 3 is 2.43 bits per heavy atom. The number of nitrogens with zero attached hydrogens (tertiary/aromatic N) is 1. The lowest BCUT2D eigenvalue weighted by atomic mass is 9.91. The normalized spacial score (nSPS) is 21.6. The van der Waals surface area contributed by atoms with Gasteiger partial charge >= 0.3 is 6.09 Å². The molecule has 0 unspecified atom stereocenters. The number of aromatic nitrogens is 1. The van der Waals surface area contributed by atoms with Crippen molar-refractivity contribution in [3.8, 4) is 0 Å². The van der Waals surface area contributed by atoms with E-state index >= 15 is 0 Å². The van der Waals surface area contributed by atoms with E-state index in [1.165, 1.54) is 0 Å². The summed E-state index contributed by atoms with van der Waals surface area (Å²) in [6.45, 7) is 7.62. The maximum Gasteiger partial charge on any atom is 0.407 e. The fraction of sp³-hybridized carbons (Fsp3) is 0.647. The molecular formula is C17H26ClN3O2. The SMILES string of the molecule is Cc1ccnc(Cl)c1NC1CCC(NC(=O)OC(C)(C)C)CC1. The van der Waals surface area contributed by atoms with Crippen molar-refractivity contribution in [2.45, 2.75) is 71.1 Å². The highest BCUT2D eigenvalue weighted by Gasteiger charge is 2.25. The van der Waals surface area contributed by atoms with Crippen molar-refractivity contribution in [2.24, 2.45) is 0 Å². The molecule has 1 aliphatic carbocycles. The molecule has 128 valence electrons. The van der Waals surface area contributed by atoms with Crippen molar-refractivity contribution in [3.05, 3.63) is 23.0 Å². The van der Waals surface area contributed by atoms with E-state index in [1.807, 2.05) is 33.8 Å². The zero-order chi connectivity index (χ0) is 17.0. The molecule has 0 aliphatic heterocycles. The molecular weight excluding hydrogens is 314 g/mol. The van der Waals surface area contributed by atoms with Crippen LogP contribution in [0.4, 0.5) is 10.5 Å². The van der Waals surface area contributed by atoms with E-state index in [4.69, 9.17) is 16.3 Å². The number of carbonyl (C=O) groups excluding carboxylic acids is 1. The van der Waals surface area contributed by atoms with Gasteiger partial charge in [-0.05, 0) is 65.0 Å². The molecule has 2 N–H and O–H groups in total. The summed E-state index contributed by atoms with van der Waals surface area (Å²) in [6.07, 6.45) is 5.18. The highest BCUT2D eigenvalue weighted by molar-refractivity contribution is 6.32. The van der Waals surface area contributed by atoms with Crippen LogP contribution in [0.25, 0.3) is 0 Å². The molecule has 1 saturated carbocycles. The standard InChI is InChI=1S/C17H26ClN3O2/c1-11-9-10-19-15(18)14(11)20-12-5-7-13(8-6-12)21-16(22)23-17(2,3)4/h9-10,12-13,20H,5-8H2,1-4H3,(H,21,22). The summed E-state index contributed by atoms with van der Waals surface area (Å²) in [6, 6.07) is 2.48. The number of hydrogen-bond acceptors (Lipinski definition) is 4. The number of carbonyl (C=O) groups is 1. The second-order valence-corrected chi connectivity index (χ2v) is 7.49. The number of alkyl carbamates (subject to hydrolysis) is 1. The van der Waals surface area contributed by atoms with E-state index in [2.05, 4.69) is 15.6 Å². The lowest BCUT2D eigenvalue weighted by Crippen LogP contribution is -2.42. The van der Waals surface area contributed by atoms with E-state index in [0.717, 1.165) is 36.9 Å². The topological polar surface area (TPSA) is 63.2 Å². The average Bonchev–Trinajstić information content (AvgIpc) is 2.43. The molecule has 2 rings (SSSR count). The predicted molar refractivity (Wildman–Crippen MR) is 93.0 cm³/mol. The van der Waals surface area contributed by atoms with Crippen molar-refractivity contribution >= 4 is 23.4 Å². The van der Waals surface area contributed by atoms with Crippen molar-refractivity contribution < 1.29 is 9.53 Å². The highest BCUT2D eigenvalue weighted by Crippen LogP contribution is 2.28. The Labute approximate surface area is 143 Å². The zero-order valence-electron chi connectivity index (χ0n) is 14.3. The first-order chi connectivity index (χ1) is 10.7. The maximum absolute atomic E-state index is 11.8. The molecule has 1 heterocycles. The van der Waals surface area contributed by atoms with Gasteiger partial charge in [-0.3, -0.25) is 0 Å². The van der Waals surface area contributed by atoms with Gasteiger partial charge in [-0.2, -0.15) is 0 Å². The van der Waals surface area contributed by atoms with Crippen LogP contribution in [0.5, 0.6) is 0 Å². The summed E-state index contributed by atoms with van der Waals surface area (Å²) in [7, 11) is 0. The van der Waals surface area contributed by atoms with E-state index in [-0.39, 0.29) is 12.1 Å². The van der Waals surface area contributed by atoms with E-state index in [0.29, 0.717) is 11.2 Å². The van der Waals surface area contributed by atoms with Crippen LogP contribution in [0, 0.1) is 6.92 Å². The zero-order valence-corrected chi connectivity index (χ0v) is 15.0. The molecule has 1 aromatic heterocycles. The summed E-state index contributed by atoms with van der Waals surface area (Å²) >= 11 is 6.16. The van der Waals surface area contributed by atoms with Crippen molar-refractivity contribution in [3.63, 3.8) is 0 Å². The van der Waals surface area contributed by atoms with Gasteiger partial charge in [0, 0.05) is 18.3 Å². The summed E-state index contributed by atoms with van der Waals surface area (Å²) in [5.41, 5.74) is 1.55. The second kappa shape index (κ2) is 7.39. The molecule has 5 nitrogen and oxygen atoms in total. The average molecular weight is 340 g/mol. The highest BCUT2D eigenvalue weighted by atomic mass is 35.5. The molecule has 0 bridgehead atoms. The second-order valence-electron chi connectivity index (χ2n) is 7.13. The molecule has 0 radical (unpaired) electrons. The molecule has 1 aromatic rings. The number of halogens is 1. The minimum absolute atomic E-state index is 0.174. The largest absolute Gasteiger partial charge is 0.444 e. The molecule has 6 heteroatoms. The Balaban J connectivity index is 1.81. The van der Waals surface area contributed by atoms with Crippen molar-refractivity contribution in [1.82, 2.24) is 10.3 Å². The number of amides is 1. The minimum atomic E-state index is -0.461. The van der Waals surface area contributed by atoms with Crippen LogP contribution in [-0.2, 0) is 4.74 Å². The quantitative estimate of drug-likeness (QED) is 0.806. The molecule has 0 saturated heterocycles. The molecule has 23 heavy (non-hydrogen) atoms. The lowest BCUT2D eigenvalue weighted by molar-refractivity contribution is 0.0492. The number of ether oxygens (including phenoxy) is 1. The van der Waals surface area contributed by atoms with Crippen LogP contribution < -0.4 is 10.6 Å². The Kier molecular flexibility index (Phi) is 5.74. The predicted octanol–water partition coefficient (Wildman–Crippen LogP) is 4.29. The summed E-state index contributed by atoms with van der Waals surface area (Å²) < 4.78 is 5.30. The number of hydrogen-bond donors (Lipinski definition) is 2. The fourth-order valence-electron chi connectivity index (χ4n) is 2.76. The van der Waals surface area contributed by atoms with Crippen LogP contribution in [-0.4, -0.2) is 28.8 Å².